The summed E-state index contributed by atoms with van der Waals surface area (Å²) in [6.07, 6.45) is 0.117. The molecule has 0 saturated carbocycles. The first-order valence-corrected chi connectivity index (χ1v) is 11.0. The number of nitrogens with zero attached hydrogens (tertiary/aromatic N) is 1. The molecule has 170 valence electrons. The molecule has 0 unspecified atom stereocenters. The summed E-state index contributed by atoms with van der Waals surface area (Å²) in [4.78, 5) is 25.7. The standard InChI is InChI=1S/C26H24ClNO5/c1-32-24-10-7-18(14-25(29)30)13-21(24)19-8-9-23(27)20-11-12-28(15-22(19)20)26(31)33-16-17-5-3-2-4-6-17/h2-10,13H,11-12,14-16H2,1H3,(H,29,30). The molecular weight excluding hydrogens is 442 g/mol. The molecule has 4 rings (SSSR count). The third kappa shape index (κ3) is 5.12. The lowest BCUT2D eigenvalue weighted by Crippen LogP contribution is -2.36. The number of halogens is 1. The smallest absolute Gasteiger partial charge is 0.410 e. The molecule has 1 amide bonds. The van der Waals surface area contributed by atoms with E-state index in [4.69, 9.17) is 21.1 Å². The number of hydrogen-bond donors (Lipinski definition) is 1. The lowest BCUT2D eigenvalue weighted by molar-refractivity contribution is -0.136. The molecule has 0 saturated heterocycles. The van der Waals surface area contributed by atoms with Crippen molar-refractivity contribution >= 4 is 23.7 Å². The van der Waals surface area contributed by atoms with Gasteiger partial charge in [-0.3, -0.25) is 4.79 Å². The van der Waals surface area contributed by atoms with Crippen LogP contribution in [0.25, 0.3) is 11.1 Å². The molecule has 6 nitrogen and oxygen atoms in total. The van der Waals surface area contributed by atoms with Crippen LogP contribution in [0.4, 0.5) is 4.79 Å². The van der Waals surface area contributed by atoms with Crippen LogP contribution in [0, 0.1) is 0 Å². The number of hydrogen-bond acceptors (Lipinski definition) is 4. The minimum absolute atomic E-state index is 0.0925. The molecule has 3 aromatic carbocycles. The van der Waals surface area contributed by atoms with Crippen LogP contribution in [0.2, 0.25) is 5.02 Å². The Labute approximate surface area is 197 Å². The third-order valence-electron chi connectivity index (χ3n) is 5.73. The summed E-state index contributed by atoms with van der Waals surface area (Å²) >= 11 is 6.50. The molecule has 0 aromatic heterocycles. The number of fused-ring (bicyclic) bond motifs is 1. The van der Waals surface area contributed by atoms with Crippen LogP contribution in [0.5, 0.6) is 5.75 Å². The van der Waals surface area contributed by atoms with Gasteiger partial charge in [0.1, 0.15) is 12.4 Å². The monoisotopic (exact) mass is 465 g/mol. The molecule has 1 N–H and O–H groups in total. The number of carbonyl (C=O) groups is 2. The van der Waals surface area contributed by atoms with Crippen molar-refractivity contribution in [2.24, 2.45) is 0 Å². The van der Waals surface area contributed by atoms with Gasteiger partial charge in [-0.25, -0.2) is 4.79 Å². The number of rotatable bonds is 6. The molecule has 1 aliphatic heterocycles. The Bertz CT molecular complexity index is 1180. The summed E-state index contributed by atoms with van der Waals surface area (Å²) in [5.41, 5.74) is 5.11. The number of carboxylic acid groups (broad SMARTS) is 1. The number of carbonyl (C=O) groups excluding carboxylic acids is 1. The van der Waals surface area contributed by atoms with Crippen LogP contribution < -0.4 is 4.74 Å². The summed E-state index contributed by atoms with van der Waals surface area (Å²) in [7, 11) is 1.57. The summed E-state index contributed by atoms with van der Waals surface area (Å²) in [6.45, 7) is 1.04. The lowest BCUT2D eigenvalue weighted by Gasteiger charge is -2.30. The van der Waals surface area contributed by atoms with Gasteiger partial charge in [-0.2, -0.15) is 0 Å². The zero-order valence-electron chi connectivity index (χ0n) is 18.2. The molecule has 7 heteroatoms. The molecular formula is C26H24ClNO5. The molecule has 33 heavy (non-hydrogen) atoms. The van der Waals surface area contributed by atoms with Gasteiger partial charge < -0.3 is 19.5 Å². The maximum Gasteiger partial charge on any atom is 0.410 e. The van der Waals surface area contributed by atoms with Gasteiger partial charge in [-0.15, -0.1) is 0 Å². The fourth-order valence-corrected chi connectivity index (χ4v) is 4.37. The molecule has 0 fully saturated rings. The maximum atomic E-state index is 12.8. The first kappa shape index (κ1) is 22.7. The quantitative estimate of drug-likeness (QED) is 0.532. The maximum absolute atomic E-state index is 12.8. The van der Waals surface area contributed by atoms with Crippen LogP contribution in [0.1, 0.15) is 22.3 Å². The van der Waals surface area contributed by atoms with Gasteiger partial charge in [0.2, 0.25) is 0 Å². The van der Waals surface area contributed by atoms with Crippen LogP contribution in [0.3, 0.4) is 0 Å². The Hall–Kier alpha value is -3.51. The van der Waals surface area contributed by atoms with E-state index in [0.717, 1.165) is 27.8 Å². The van der Waals surface area contributed by atoms with Crippen molar-refractivity contribution in [3.63, 3.8) is 0 Å². The van der Waals surface area contributed by atoms with Crippen molar-refractivity contribution < 1.29 is 24.2 Å². The number of methoxy groups -OCH3 is 1. The van der Waals surface area contributed by atoms with E-state index in [1.165, 1.54) is 0 Å². The van der Waals surface area contributed by atoms with Gasteiger partial charge in [0.15, 0.2) is 0 Å². The van der Waals surface area contributed by atoms with E-state index in [-0.39, 0.29) is 19.1 Å². The van der Waals surface area contributed by atoms with E-state index >= 15 is 0 Å². The number of aliphatic carboxylic acids is 1. The second kappa shape index (κ2) is 9.96. The predicted octanol–water partition coefficient (Wildman–Crippen LogP) is 5.34. The highest BCUT2D eigenvalue weighted by Crippen LogP contribution is 2.39. The molecule has 1 aliphatic rings. The highest BCUT2D eigenvalue weighted by atomic mass is 35.5. The Morgan fingerprint density at radius 1 is 1.00 bits per heavy atom. The molecule has 1 heterocycles. The predicted molar refractivity (Wildman–Crippen MR) is 126 cm³/mol. The third-order valence-corrected chi connectivity index (χ3v) is 6.08. The van der Waals surface area contributed by atoms with E-state index in [2.05, 4.69) is 0 Å². The average Bonchev–Trinajstić information content (AvgIpc) is 2.83. The second-order valence-corrected chi connectivity index (χ2v) is 8.28. The fourth-order valence-electron chi connectivity index (χ4n) is 4.10. The van der Waals surface area contributed by atoms with Gasteiger partial charge in [0.25, 0.3) is 0 Å². The van der Waals surface area contributed by atoms with Crippen molar-refractivity contribution in [2.75, 3.05) is 13.7 Å². The second-order valence-electron chi connectivity index (χ2n) is 7.87. The first-order chi connectivity index (χ1) is 16.0. The van der Waals surface area contributed by atoms with E-state index in [9.17, 15) is 14.7 Å². The Morgan fingerprint density at radius 2 is 1.79 bits per heavy atom. The van der Waals surface area contributed by atoms with Crippen LogP contribution in [-0.4, -0.2) is 35.7 Å². The summed E-state index contributed by atoms with van der Waals surface area (Å²) < 4.78 is 11.1. The average molecular weight is 466 g/mol. The van der Waals surface area contributed by atoms with Crippen LogP contribution in [-0.2, 0) is 35.5 Å². The highest BCUT2D eigenvalue weighted by Gasteiger charge is 2.27. The van der Waals surface area contributed by atoms with Gasteiger partial charge >= 0.3 is 12.1 Å². The first-order valence-electron chi connectivity index (χ1n) is 10.6. The minimum atomic E-state index is -0.906. The normalized spacial score (nSPS) is 12.7. The van der Waals surface area contributed by atoms with Crippen molar-refractivity contribution in [2.45, 2.75) is 26.0 Å². The summed E-state index contributed by atoms with van der Waals surface area (Å²) in [5.74, 6) is -0.283. The van der Waals surface area contributed by atoms with Crippen molar-refractivity contribution in [3.8, 4) is 16.9 Å². The van der Waals surface area contributed by atoms with Gasteiger partial charge in [0.05, 0.1) is 13.5 Å². The molecule has 0 radical (unpaired) electrons. The summed E-state index contributed by atoms with van der Waals surface area (Å²) in [6, 6.07) is 18.6. The van der Waals surface area contributed by atoms with Crippen molar-refractivity contribution in [3.05, 3.63) is 87.9 Å². The molecule has 3 aromatic rings. The van der Waals surface area contributed by atoms with E-state index in [1.807, 2.05) is 48.5 Å². The zero-order chi connectivity index (χ0) is 23.4. The zero-order valence-corrected chi connectivity index (χ0v) is 19.0. The van der Waals surface area contributed by atoms with E-state index in [0.29, 0.717) is 35.8 Å². The fraction of sp³-hybridized carbons (Fsp3) is 0.231. The van der Waals surface area contributed by atoms with E-state index in [1.54, 1.807) is 24.1 Å². The largest absolute Gasteiger partial charge is 0.496 e. The Kier molecular flexibility index (Phi) is 6.84. The van der Waals surface area contributed by atoms with Crippen molar-refractivity contribution in [1.82, 2.24) is 4.90 Å². The molecule has 0 spiro atoms. The van der Waals surface area contributed by atoms with Gasteiger partial charge in [0, 0.05) is 23.7 Å². The molecule has 0 atom stereocenters. The number of carboxylic acids is 1. The topological polar surface area (TPSA) is 76.1 Å². The SMILES string of the molecule is COc1ccc(CC(=O)O)cc1-c1ccc(Cl)c2c1CN(C(=O)OCc1ccccc1)CC2. The van der Waals surface area contributed by atoms with E-state index < -0.39 is 5.97 Å². The minimum Gasteiger partial charge on any atom is -0.496 e. The van der Waals surface area contributed by atoms with Crippen LogP contribution >= 0.6 is 11.6 Å². The number of amides is 1. The van der Waals surface area contributed by atoms with Crippen LogP contribution in [0.15, 0.2) is 60.7 Å². The molecule has 0 aliphatic carbocycles. The van der Waals surface area contributed by atoms with Crippen molar-refractivity contribution in [1.29, 1.82) is 0 Å². The lowest BCUT2D eigenvalue weighted by atomic mass is 9.90. The highest BCUT2D eigenvalue weighted by molar-refractivity contribution is 6.31. The van der Waals surface area contributed by atoms with Gasteiger partial charge in [-0.1, -0.05) is 54.1 Å². The summed E-state index contributed by atoms with van der Waals surface area (Å²) in [5, 5.41) is 9.85. The Balaban J connectivity index is 1.64. The number of benzene rings is 3. The Morgan fingerprint density at radius 3 is 2.52 bits per heavy atom. The van der Waals surface area contributed by atoms with Gasteiger partial charge in [-0.05, 0) is 52.4 Å². The molecule has 0 bridgehead atoms. The number of ether oxygens (including phenoxy) is 2.